The van der Waals surface area contributed by atoms with Crippen LogP contribution in [0.15, 0.2) is 42.7 Å². The maximum Gasteiger partial charge on any atom is 0.416 e. The number of hydrogen-bond acceptors (Lipinski definition) is 5. The molecule has 12 heteroatoms. The fourth-order valence-corrected chi connectivity index (χ4v) is 3.65. The Balaban J connectivity index is 1.66. The molecule has 0 aliphatic carbocycles. The first-order chi connectivity index (χ1) is 15.6. The van der Waals surface area contributed by atoms with Gasteiger partial charge in [-0.15, -0.1) is 0 Å². The summed E-state index contributed by atoms with van der Waals surface area (Å²) in [6.45, 7) is 0.514. The van der Waals surface area contributed by atoms with E-state index in [1.807, 2.05) is 0 Å². The number of alkyl halides is 4. The van der Waals surface area contributed by atoms with Gasteiger partial charge in [-0.1, -0.05) is 0 Å². The van der Waals surface area contributed by atoms with Crippen molar-refractivity contribution in [2.75, 3.05) is 22.5 Å². The van der Waals surface area contributed by atoms with Gasteiger partial charge in [-0.3, -0.25) is 14.3 Å². The Morgan fingerprint density at radius 2 is 2.00 bits per heavy atom. The van der Waals surface area contributed by atoms with Gasteiger partial charge in [0.15, 0.2) is 5.69 Å². The highest BCUT2D eigenvalue weighted by atomic mass is 19.4. The molecular formula is C21H18F4N6O2. The lowest BCUT2D eigenvalue weighted by atomic mass is 10.0. The summed E-state index contributed by atoms with van der Waals surface area (Å²) in [6.07, 6.45) is -2.13. The smallest absolute Gasteiger partial charge is 0.384 e. The maximum atomic E-state index is 13.3. The molecule has 0 spiro atoms. The SMILES string of the molecule is C[C@H]1CN(c2ccc(C(F)(F)F)c(CF)c2)C(=O)c2c(NC(=O)c3ccc(N)nc3)cnn21. The molecule has 1 aliphatic rings. The van der Waals surface area contributed by atoms with E-state index in [0.717, 1.165) is 18.2 Å². The number of nitrogen functional groups attached to an aromatic ring is 1. The van der Waals surface area contributed by atoms with E-state index in [4.69, 9.17) is 5.73 Å². The van der Waals surface area contributed by atoms with Crippen molar-refractivity contribution in [3.63, 3.8) is 0 Å². The predicted molar refractivity (Wildman–Crippen MR) is 111 cm³/mol. The molecule has 0 saturated carbocycles. The third kappa shape index (κ3) is 4.11. The fourth-order valence-electron chi connectivity index (χ4n) is 3.65. The molecule has 3 heterocycles. The molecule has 3 N–H and O–H groups in total. The predicted octanol–water partition coefficient (Wildman–Crippen LogP) is 3.82. The molecule has 172 valence electrons. The number of rotatable bonds is 4. The molecular weight excluding hydrogens is 444 g/mol. The van der Waals surface area contributed by atoms with E-state index in [2.05, 4.69) is 15.4 Å². The van der Waals surface area contributed by atoms with E-state index in [-0.39, 0.29) is 41.0 Å². The number of halogens is 4. The number of amides is 2. The van der Waals surface area contributed by atoms with Crippen molar-refractivity contribution in [1.29, 1.82) is 0 Å². The van der Waals surface area contributed by atoms with E-state index >= 15 is 0 Å². The normalized spacial score (nSPS) is 16.0. The maximum absolute atomic E-state index is 13.3. The Morgan fingerprint density at radius 1 is 1.24 bits per heavy atom. The number of anilines is 3. The molecule has 0 bridgehead atoms. The van der Waals surface area contributed by atoms with E-state index in [9.17, 15) is 27.2 Å². The van der Waals surface area contributed by atoms with Crippen molar-refractivity contribution in [3.8, 4) is 0 Å². The topological polar surface area (TPSA) is 106 Å². The van der Waals surface area contributed by atoms with E-state index < -0.39 is 35.8 Å². The highest BCUT2D eigenvalue weighted by molar-refractivity contribution is 6.13. The van der Waals surface area contributed by atoms with Crippen molar-refractivity contribution < 1.29 is 27.2 Å². The number of hydrogen-bond donors (Lipinski definition) is 2. The largest absolute Gasteiger partial charge is 0.416 e. The van der Waals surface area contributed by atoms with E-state index in [1.165, 1.54) is 34.1 Å². The molecule has 0 fully saturated rings. The summed E-state index contributed by atoms with van der Waals surface area (Å²) in [7, 11) is 0. The summed E-state index contributed by atoms with van der Waals surface area (Å²) in [5.41, 5.74) is 4.34. The molecule has 0 radical (unpaired) electrons. The van der Waals surface area contributed by atoms with Crippen molar-refractivity contribution in [3.05, 3.63) is 65.1 Å². The zero-order valence-corrected chi connectivity index (χ0v) is 17.2. The van der Waals surface area contributed by atoms with Crippen LogP contribution in [0, 0.1) is 0 Å². The van der Waals surface area contributed by atoms with Gasteiger partial charge in [0, 0.05) is 18.4 Å². The van der Waals surface area contributed by atoms with Gasteiger partial charge in [-0.05, 0) is 42.8 Å². The highest BCUT2D eigenvalue weighted by Gasteiger charge is 2.36. The number of carbonyl (C=O) groups is 2. The summed E-state index contributed by atoms with van der Waals surface area (Å²) in [5, 5.41) is 6.77. The zero-order chi connectivity index (χ0) is 23.9. The van der Waals surface area contributed by atoms with Crippen molar-refractivity contribution >= 4 is 29.0 Å². The van der Waals surface area contributed by atoms with Crippen molar-refractivity contribution in [2.45, 2.75) is 25.8 Å². The molecule has 1 atom stereocenters. The third-order valence-corrected chi connectivity index (χ3v) is 5.25. The first-order valence-corrected chi connectivity index (χ1v) is 9.78. The van der Waals surface area contributed by atoms with Crippen LogP contribution in [0.4, 0.5) is 34.8 Å². The Labute approximate surface area is 185 Å². The quantitative estimate of drug-likeness (QED) is 0.574. The Hall–Kier alpha value is -3.96. The van der Waals surface area contributed by atoms with Crippen LogP contribution in [-0.2, 0) is 12.9 Å². The van der Waals surface area contributed by atoms with Gasteiger partial charge in [0.05, 0.1) is 29.1 Å². The van der Waals surface area contributed by atoms with Crippen LogP contribution in [0.25, 0.3) is 0 Å². The Kier molecular flexibility index (Phi) is 5.52. The standard InChI is InChI=1S/C21H18F4N6O2/c1-11-10-30(14-3-4-15(21(23,24)25)13(6-14)7-22)20(33)18-16(9-28-31(11)18)29-19(32)12-2-5-17(26)27-8-12/h2-6,8-9,11H,7,10H2,1H3,(H2,26,27)(H,29,32)/t11-/m0/s1. The second-order valence-corrected chi connectivity index (χ2v) is 7.51. The fraction of sp³-hybridized carbons (Fsp3) is 0.238. The van der Waals surface area contributed by atoms with Crippen LogP contribution >= 0.6 is 0 Å². The van der Waals surface area contributed by atoms with Crippen LogP contribution in [0.1, 0.15) is 44.9 Å². The number of pyridine rings is 1. The summed E-state index contributed by atoms with van der Waals surface area (Å²) < 4.78 is 54.2. The van der Waals surface area contributed by atoms with Crippen LogP contribution in [-0.4, -0.2) is 33.1 Å². The Bertz CT molecular complexity index is 1220. The molecule has 0 saturated heterocycles. The van der Waals surface area contributed by atoms with Crippen LogP contribution in [0.3, 0.4) is 0 Å². The van der Waals surface area contributed by atoms with Crippen LogP contribution in [0.2, 0.25) is 0 Å². The number of fused-ring (bicyclic) bond motifs is 1. The molecule has 8 nitrogen and oxygen atoms in total. The van der Waals surface area contributed by atoms with Gasteiger partial charge in [0.2, 0.25) is 0 Å². The van der Waals surface area contributed by atoms with Crippen molar-refractivity contribution in [2.24, 2.45) is 0 Å². The summed E-state index contributed by atoms with van der Waals surface area (Å²) in [4.78, 5) is 30.9. The van der Waals surface area contributed by atoms with Gasteiger partial charge in [0.1, 0.15) is 12.5 Å². The number of carbonyl (C=O) groups excluding carboxylic acids is 2. The second kappa shape index (κ2) is 8.19. The molecule has 33 heavy (non-hydrogen) atoms. The molecule has 1 aromatic carbocycles. The van der Waals surface area contributed by atoms with Gasteiger partial charge in [0.25, 0.3) is 11.8 Å². The number of nitrogens with two attached hydrogens (primary N) is 1. The van der Waals surface area contributed by atoms with Gasteiger partial charge >= 0.3 is 6.18 Å². The van der Waals surface area contributed by atoms with Crippen molar-refractivity contribution in [1.82, 2.24) is 14.8 Å². The molecule has 2 aromatic heterocycles. The monoisotopic (exact) mass is 462 g/mol. The van der Waals surface area contributed by atoms with Gasteiger partial charge in [-0.2, -0.15) is 18.3 Å². The number of nitrogens with one attached hydrogen (secondary N) is 1. The van der Waals surface area contributed by atoms with E-state index in [1.54, 1.807) is 6.92 Å². The minimum Gasteiger partial charge on any atom is -0.384 e. The second-order valence-electron chi connectivity index (χ2n) is 7.51. The molecule has 4 rings (SSSR count). The number of aromatic nitrogens is 3. The first kappa shape index (κ1) is 22.2. The third-order valence-electron chi connectivity index (χ3n) is 5.25. The molecule has 0 unspecified atom stereocenters. The summed E-state index contributed by atoms with van der Waals surface area (Å²) in [5.74, 6) is -0.913. The number of benzene rings is 1. The van der Waals surface area contributed by atoms with Gasteiger partial charge in [-0.25, -0.2) is 9.37 Å². The first-order valence-electron chi connectivity index (χ1n) is 9.78. The molecule has 1 aliphatic heterocycles. The number of nitrogens with zero attached hydrogens (tertiary/aromatic N) is 4. The minimum atomic E-state index is -4.72. The lowest BCUT2D eigenvalue weighted by Crippen LogP contribution is -2.43. The molecule has 2 amide bonds. The molecule has 3 aromatic rings. The lowest BCUT2D eigenvalue weighted by Gasteiger charge is -2.32. The van der Waals surface area contributed by atoms with E-state index in [0.29, 0.717) is 0 Å². The van der Waals surface area contributed by atoms with Crippen LogP contribution in [0.5, 0.6) is 0 Å². The summed E-state index contributed by atoms with van der Waals surface area (Å²) in [6, 6.07) is 5.44. The zero-order valence-electron chi connectivity index (χ0n) is 17.2. The Morgan fingerprint density at radius 3 is 2.64 bits per heavy atom. The average molecular weight is 462 g/mol. The van der Waals surface area contributed by atoms with Gasteiger partial charge < -0.3 is 16.0 Å². The average Bonchev–Trinajstić information content (AvgIpc) is 3.20. The highest BCUT2D eigenvalue weighted by Crippen LogP contribution is 2.36. The van der Waals surface area contributed by atoms with Crippen LogP contribution < -0.4 is 16.0 Å². The minimum absolute atomic E-state index is 0.0483. The lowest BCUT2D eigenvalue weighted by molar-refractivity contribution is -0.138. The summed E-state index contributed by atoms with van der Waals surface area (Å²) >= 11 is 0.